The maximum atomic E-state index is 13.0. The molecule has 0 aliphatic carbocycles. The van der Waals surface area contributed by atoms with Crippen molar-refractivity contribution in [1.82, 2.24) is 4.90 Å². The summed E-state index contributed by atoms with van der Waals surface area (Å²) in [4.78, 5) is 24.3. The van der Waals surface area contributed by atoms with E-state index in [4.69, 9.17) is 4.74 Å². The summed E-state index contributed by atoms with van der Waals surface area (Å²) in [6.45, 7) is 1.95. The second-order valence-corrected chi connectivity index (χ2v) is 4.18. The number of ether oxygens (including phenoxy) is 1. The lowest BCUT2D eigenvalue weighted by Gasteiger charge is -2.15. The van der Waals surface area contributed by atoms with Crippen molar-refractivity contribution in [1.29, 1.82) is 0 Å². The zero-order chi connectivity index (χ0) is 14.3. The largest absolute Gasteiger partial charge is 0.465 e. The molecule has 104 valence electrons. The summed E-state index contributed by atoms with van der Waals surface area (Å²) >= 11 is 0. The van der Waals surface area contributed by atoms with Gasteiger partial charge in [0.15, 0.2) is 0 Å². The van der Waals surface area contributed by atoms with E-state index >= 15 is 0 Å². The normalized spacial score (nSPS) is 10.1. The number of carbonyl (C=O) groups is 2. The van der Waals surface area contributed by atoms with Crippen LogP contribution in [0.2, 0.25) is 0 Å². The average molecular weight is 267 g/mol. The second-order valence-electron chi connectivity index (χ2n) is 4.18. The monoisotopic (exact) mass is 267 g/mol. The van der Waals surface area contributed by atoms with Gasteiger partial charge in [0.1, 0.15) is 12.4 Å². The number of carbonyl (C=O) groups excluding carboxylic acids is 2. The molecule has 0 atom stereocenters. The molecule has 0 aliphatic rings. The molecule has 0 fully saturated rings. The zero-order valence-corrected chi connectivity index (χ0v) is 11.2. The lowest BCUT2D eigenvalue weighted by atomic mass is 10.1. The number of aryl methyl sites for hydroxylation is 1. The van der Waals surface area contributed by atoms with Gasteiger partial charge in [-0.15, -0.1) is 0 Å². The fourth-order valence-corrected chi connectivity index (χ4v) is 1.62. The number of benzene rings is 1. The molecular weight excluding hydrogens is 249 g/mol. The number of esters is 1. The highest BCUT2D eigenvalue weighted by molar-refractivity contribution is 5.81. The molecule has 0 bridgehead atoms. The highest BCUT2D eigenvalue weighted by Crippen LogP contribution is 2.07. The molecule has 1 aromatic rings. The third kappa shape index (κ3) is 5.50. The smallest absolute Gasteiger partial charge is 0.325 e. The van der Waals surface area contributed by atoms with E-state index in [1.165, 1.54) is 17.0 Å². The number of amides is 1. The van der Waals surface area contributed by atoms with Crippen molar-refractivity contribution in [2.75, 3.05) is 20.2 Å². The molecule has 1 aromatic carbocycles. The van der Waals surface area contributed by atoms with Gasteiger partial charge in [-0.1, -0.05) is 12.1 Å². The maximum absolute atomic E-state index is 13.0. The van der Waals surface area contributed by atoms with Crippen molar-refractivity contribution >= 4 is 11.9 Å². The van der Waals surface area contributed by atoms with Crippen LogP contribution < -0.4 is 0 Å². The number of nitrogens with zero attached hydrogens (tertiary/aromatic N) is 1. The van der Waals surface area contributed by atoms with Crippen LogP contribution in [0.15, 0.2) is 24.3 Å². The molecule has 0 saturated carbocycles. The number of rotatable bonds is 6. The predicted molar refractivity (Wildman–Crippen MR) is 69.0 cm³/mol. The Bertz CT molecular complexity index is 448. The van der Waals surface area contributed by atoms with Gasteiger partial charge in [0, 0.05) is 13.5 Å². The molecule has 0 radical (unpaired) electrons. The third-order valence-electron chi connectivity index (χ3n) is 2.61. The summed E-state index contributed by atoms with van der Waals surface area (Å²) in [5.41, 5.74) is 0.762. The SMILES string of the molecule is CCOC(=O)CN(C)C(=O)CCc1cccc(F)c1. The van der Waals surface area contributed by atoms with E-state index in [0.717, 1.165) is 5.56 Å². The average Bonchev–Trinajstić information content (AvgIpc) is 2.36. The summed E-state index contributed by atoms with van der Waals surface area (Å²) in [5.74, 6) is -0.911. The fraction of sp³-hybridized carbons (Fsp3) is 0.429. The van der Waals surface area contributed by atoms with Crippen LogP contribution in [-0.4, -0.2) is 37.0 Å². The Balaban J connectivity index is 2.40. The number of likely N-dealkylation sites (N-methyl/N-ethyl adjacent to an activating group) is 1. The minimum atomic E-state index is -0.427. The summed E-state index contributed by atoms with van der Waals surface area (Å²) < 4.78 is 17.7. The molecule has 1 rings (SSSR count). The first kappa shape index (κ1) is 15.1. The maximum Gasteiger partial charge on any atom is 0.325 e. The van der Waals surface area contributed by atoms with Crippen LogP contribution in [0.25, 0.3) is 0 Å². The van der Waals surface area contributed by atoms with Gasteiger partial charge in [0.2, 0.25) is 5.91 Å². The van der Waals surface area contributed by atoms with Gasteiger partial charge in [0.25, 0.3) is 0 Å². The molecule has 19 heavy (non-hydrogen) atoms. The Morgan fingerprint density at radius 1 is 1.37 bits per heavy atom. The molecule has 0 heterocycles. The topological polar surface area (TPSA) is 46.6 Å². The predicted octanol–water partition coefficient (Wildman–Crippen LogP) is 1.78. The molecule has 0 saturated heterocycles. The molecule has 0 spiro atoms. The highest BCUT2D eigenvalue weighted by Gasteiger charge is 2.13. The van der Waals surface area contributed by atoms with Crippen LogP contribution in [0, 0.1) is 5.82 Å². The van der Waals surface area contributed by atoms with Gasteiger partial charge in [0.05, 0.1) is 6.61 Å². The molecule has 4 nitrogen and oxygen atoms in total. The van der Waals surface area contributed by atoms with Crippen LogP contribution >= 0.6 is 0 Å². The van der Waals surface area contributed by atoms with Gasteiger partial charge in [-0.05, 0) is 31.0 Å². The Labute approximate surface area is 112 Å². The van der Waals surface area contributed by atoms with Crippen molar-refractivity contribution in [2.45, 2.75) is 19.8 Å². The Kier molecular flexibility index (Phi) is 5.99. The van der Waals surface area contributed by atoms with Crippen molar-refractivity contribution < 1.29 is 18.7 Å². The molecule has 0 aliphatic heterocycles. The summed E-state index contributed by atoms with van der Waals surface area (Å²) in [5, 5.41) is 0. The first-order valence-electron chi connectivity index (χ1n) is 6.17. The van der Waals surface area contributed by atoms with Gasteiger partial charge in [-0.2, -0.15) is 0 Å². The summed E-state index contributed by atoms with van der Waals surface area (Å²) in [6.07, 6.45) is 0.684. The van der Waals surface area contributed by atoms with Gasteiger partial charge >= 0.3 is 5.97 Å². The molecule has 5 heteroatoms. The molecule has 0 aromatic heterocycles. The van der Waals surface area contributed by atoms with E-state index < -0.39 is 5.97 Å². The first-order valence-corrected chi connectivity index (χ1v) is 6.17. The number of hydrogen-bond acceptors (Lipinski definition) is 3. The number of hydrogen-bond donors (Lipinski definition) is 0. The molecule has 0 unspecified atom stereocenters. The Hall–Kier alpha value is -1.91. The Morgan fingerprint density at radius 3 is 2.74 bits per heavy atom. The van der Waals surface area contributed by atoms with E-state index in [9.17, 15) is 14.0 Å². The van der Waals surface area contributed by atoms with Gasteiger partial charge < -0.3 is 9.64 Å². The van der Waals surface area contributed by atoms with E-state index in [2.05, 4.69) is 0 Å². The lowest BCUT2D eigenvalue weighted by molar-refractivity contribution is -0.148. The summed E-state index contributed by atoms with van der Waals surface area (Å²) in [6, 6.07) is 6.13. The van der Waals surface area contributed by atoms with E-state index in [-0.39, 0.29) is 24.7 Å². The molecule has 0 N–H and O–H groups in total. The minimum Gasteiger partial charge on any atom is -0.465 e. The van der Waals surface area contributed by atoms with Crippen molar-refractivity contribution in [2.24, 2.45) is 0 Å². The molecular formula is C14H18FNO3. The summed E-state index contributed by atoms with van der Waals surface area (Å²) in [7, 11) is 1.55. The van der Waals surface area contributed by atoms with Crippen LogP contribution in [0.3, 0.4) is 0 Å². The van der Waals surface area contributed by atoms with Crippen LogP contribution in [0.1, 0.15) is 18.9 Å². The fourth-order valence-electron chi connectivity index (χ4n) is 1.62. The minimum absolute atomic E-state index is 0.0597. The lowest BCUT2D eigenvalue weighted by Crippen LogP contribution is -2.33. The first-order chi connectivity index (χ1) is 9.02. The molecule has 1 amide bonds. The van der Waals surface area contributed by atoms with E-state index in [1.54, 1.807) is 26.1 Å². The second kappa shape index (κ2) is 7.51. The van der Waals surface area contributed by atoms with E-state index in [1.807, 2.05) is 0 Å². The van der Waals surface area contributed by atoms with Crippen molar-refractivity contribution in [3.8, 4) is 0 Å². The number of halogens is 1. The van der Waals surface area contributed by atoms with Crippen LogP contribution in [-0.2, 0) is 20.7 Å². The van der Waals surface area contributed by atoms with Gasteiger partial charge in [-0.3, -0.25) is 9.59 Å². The third-order valence-corrected chi connectivity index (χ3v) is 2.61. The van der Waals surface area contributed by atoms with Crippen molar-refractivity contribution in [3.63, 3.8) is 0 Å². The van der Waals surface area contributed by atoms with Crippen LogP contribution in [0.5, 0.6) is 0 Å². The van der Waals surface area contributed by atoms with E-state index in [0.29, 0.717) is 13.0 Å². The zero-order valence-electron chi connectivity index (χ0n) is 11.2. The standard InChI is InChI=1S/C14H18FNO3/c1-3-19-14(18)10-16(2)13(17)8-7-11-5-4-6-12(15)9-11/h4-6,9H,3,7-8,10H2,1-2H3. The van der Waals surface area contributed by atoms with Crippen molar-refractivity contribution in [3.05, 3.63) is 35.6 Å². The van der Waals surface area contributed by atoms with Crippen LogP contribution in [0.4, 0.5) is 4.39 Å². The quantitative estimate of drug-likeness (QED) is 0.738. The highest BCUT2D eigenvalue weighted by atomic mass is 19.1. The van der Waals surface area contributed by atoms with Gasteiger partial charge in [-0.25, -0.2) is 4.39 Å². The Morgan fingerprint density at radius 2 is 2.11 bits per heavy atom.